The minimum absolute atomic E-state index is 0.0359. The molecule has 4 nitrogen and oxygen atoms in total. The van der Waals surface area contributed by atoms with Gasteiger partial charge in [0.15, 0.2) is 0 Å². The summed E-state index contributed by atoms with van der Waals surface area (Å²) in [5.74, 6) is 0.195. The fourth-order valence-electron chi connectivity index (χ4n) is 2.73. The number of nitrogens with one attached hydrogen (secondary N) is 2. The van der Waals surface area contributed by atoms with Gasteiger partial charge in [0.05, 0.1) is 11.5 Å². The van der Waals surface area contributed by atoms with E-state index >= 15 is 0 Å². The van der Waals surface area contributed by atoms with Gasteiger partial charge in [0.25, 0.3) is 0 Å². The van der Waals surface area contributed by atoms with Crippen molar-refractivity contribution in [2.45, 2.75) is 39.2 Å². The summed E-state index contributed by atoms with van der Waals surface area (Å²) in [6.45, 7) is 6.01. The molecule has 104 valence electrons. The van der Waals surface area contributed by atoms with E-state index in [1.807, 2.05) is 19.1 Å². The predicted octanol–water partition coefficient (Wildman–Crippen LogP) is 2.04. The molecular weight excluding hydrogens is 238 g/mol. The van der Waals surface area contributed by atoms with Crippen molar-refractivity contribution in [3.05, 3.63) is 30.1 Å². The van der Waals surface area contributed by atoms with Crippen LogP contribution in [0.2, 0.25) is 0 Å². The van der Waals surface area contributed by atoms with E-state index in [0.29, 0.717) is 0 Å². The van der Waals surface area contributed by atoms with E-state index < -0.39 is 0 Å². The number of hydrogen-bond acceptors (Lipinski definition) is 3. The molecule has 2 N–H and O–H groups in total. The Morgan fingerprint density at radius 3 is 2.63 bits per heavy atom. The Hall–Kier alpha value is -1.42. The quantitative estimate of drug-likeness (QED) is 0.872. The third-order valence-corrected chi connectivity index (χ3v) is 4.27. The molecule has 1 fully saturated rings. The van der Waals surface area contributed by atoms with Crippen LogP contribution in [0.3, 0.4) is 0 Å². The number of hydrogen-bond donors (Lipinski definition) is 2. The fourth-order valence-corrected chi connectivity index (χ4v) is 2.73. The van der Waals surface area contributed by atoms with Crippen LogP contribution in [0.15, 0.2) is 24.5 Å². The highest BCUT2D eigenvalue weighted by molar-refractivity contribution is 5.83. The molecule has 0 radical (unpaired) electrons. The maximum Gasteiger partial charge on any atom is 0.226 e. The number of amides is 1. The van der Waals surface area contributed by atoms with E-state index in [9.17, 15) is 4.79 Å². The summed E-state index contributed by atoms with van der Waals surface area (Å²) in [4.78, 5) is 16.6. The SMILES string of the molecule is CCC1(C(=O)NC(C)c2ccncc2)CCNCC1. The first-order valence-electron chi connectivity index (χ1n) is 7.09. The second-order valence-corrected chi connectivity index (χ2v) is 5.36. The molecule has 1 aliphatic rings. The zero-order valence-corrected chi connectivity index (χ0v) is 11.8. The lowest BCUT2D eigenvalue weighted by Crippen LogP contribution is -2.47. The maximum atomic E-state index is 12.6. The first kappa shape index (κ1) is 14.0. The molecule has 0 spiro atoms. The minimum atomic E-state index is -0.188. The monoisotopic (exact) mass is 261 g/mol. The van der Waals surface area contributed by atoms with Crippen molar-refractivity contribution in [2.24, 2.45) is 5.41 Å². The van der Waals surface area contributed by atoms with Gasteiger partial charge in [0.2, 0.25) is 5.91 Å². The topological polar surface area (TPSA) is 54.0 Å². The Morgan fingerprint density at radius 1 is 1.42 bits per heavy atom. The third kappa shape index (κ3) is 3.13. The molecule has 2 heterocycles. The standard InChI is InChI=1S/C15H23N3O/c1-3-15(6-10-17-11-7-15)14(19)18-12(2)13-4-8-16-9-5-13/h4-5,8-9,12,17H,3,6-7,10-11H2,1-2H3,(H,18,19). The molecule has 1 amide bonds. The van der Waals surface area contributed by atoms with E-state index in [0.717, 1.165) is 37.9 Å². The summed E-state index contributed by atoms with van der Waals surface area (Å²) in [7, 11) is 0. The van der Waals surface area contributed by atoms with Crippen molar-refractivity contribution < 1.29 is 4.79 Å². The summed E-state index contributed by atoms with van der Waals surface area (Å²) >= 11 is 0. The average Bonchev–Trinajstić information content (AvgIpc) is 2.48. The third-order valence-electron chi connectivity index (χ3n) is 4.27. The Labute approximate surface area is 115 Å². The summed E-state index contributed by atoms with van der Waals surface area (Å²) < 4.78 is 0. The van der Waals surface area contributed by atoms with Gasteiger partial charge in [0.1, 0.15) is 0 Å². The Bertz CT molecular complexity index is 413. The number of rotatable bonds is 4. The van der Waals surface area contributed by atoms with Gasteiger partial charge in [-0.2, -0.15) is 0 Å². The lowest BCUT2D eigenvalue weighted by atomic mass is 9.75. The molecule has 1 saturated heterocycles. The van der Waals surface area contributed by atoms with Crippen LogP contribution in [0.1, 0.15) is 44.7 Å². The highest BCUT2D eigenvalue weighted by Crippen LogP contribution is 2.33. The van der Waals surface area contributed by atoms with Gasteiger partial charge in [-0.1, -0.05) is 6.92 Å². The van der Waals surface area contributed by atoms with Crippen LogP contribution in [0, 0.1) is 5.41 Å². The molecule has 1 aromatic rings. The first-order valence-corrected chi connectivity index (χ1v) is 7.09. The molecule has 1 aliphatic heterocycles. The largest absolute Gasteiger partial charge is 0.349 e. The molecule has 0 aromatic carbocycles. The lowest BCUT2D eigenvalue weighted by Gasteiger charge is -2.36. The highest BCUT2D eigenvalue weighted by atomic mass is 16.2. The van der Waals surface area contributed by atoms with Crippen molar-refractivity contribution in [1.82, 2.24) is 15.6 Å². The molecule has 1 unspecified atom stereocenters. The van der Waals surface area contributed by atoms with E-state index in [1.165, 1.54) is 0 Å². The zero-order valence-electron chi connectivity index (χ0n) is 11.8. The summed E-state index contributed by atoms with van der Waals surface area (Å²) in [5.41, 5.74) is 0.913. The second kappa shape index (κ2) is 6.15. The normalized spacial score (nSPS) is 19.7. The van der Waals surface area contributed by atoms with Crippen molar-refractivity contribution in [2.75, 3.05) is 13.1 Å². The Kier molecular flexibility index (Phi) is 4.53. The van der Waals surface area contributed by atoms with Gasteiger partial charge in [-0.05, 0) is 57.0 Å². The fraction of sp³-hybridized carbons (Fsp3) is 0.600. The number of pyridine rings is 1. The van der Waals surface area contributed by atoms with E-state index in [2.05, 4.69) is 22.5 Å². The molecule has 1 aromatic heterocycles. The number of carbonyl (C=O) groups is 1. The predicted molar refractivity (Wildman–Crippen MR) is 75.6 cm³/mol. The highest BCUT2D eigenvalue weighted by Gasteiger charge is 2.38. The smallest absolute Gasteiger partial charge is 0.226 e. The van der Waals surface area contributed by atoms with Gasteiger partial charge in [0, 0.05) is 12.4 Å². The first-order chi connectivity index (χ1) is 9.18. The van der Waals surface area contributed by atoms with E-state index in [1.54, 1.807) is 12.4 Å². The van der Waals surface area contributed by atoms with Gasteiger partial charge < -0.3 is 10.6 Å². The van der Waals surface area contributed by atoms with E-state index in [4.69, 9.17) is 0 Å². The van der Waals surface area contributed by atoms with E-state index in [-0.39, 0.29) is 17.4 Å². The summed E-state index contributed by atoms with van der Waals surface area (Å²) in [6.07, 6.45) is 6.29. The van der Waals surface area contributed by atoms with Crippen LogP contribution in [-0.2, 0) is 4.79 Å². The number of carbonyl (C=O) groups excluding carboxylic acids is 1. The van der Waals surface area contributed by atoms with Crippen LogP contribution in [0.4, 0.5) is 0 Å². The molecule has 0 aliphatic carbocycles. The van der Waals surface area contributed by atoms with Crippen LogP contribution in [-0.4, -0.2) is 24.0 Å². The summed E-state index contributed by atoms with van der Waals surface area (Å²) in [6, 6.07) is 3.94. The molecule has 2 rings (SSSR count). The molecule has 0 saturated carbocycles. The van der Waals surface area contributed by atoms with Crippen molar-refractivity contribution in [3.8, 4) is 0 Å². The minimum Gasteiger partial charge on any atom is -0.349 e. The van der Waals surface area contributed by atoms with Gasteiger partial charge in [-0.25, -0.2) is 0 Å². The molecule has 19 heavy (non-hydrogen) atoms. The van der Waals surface area contributed by atoms with Gasteiger partial charge >= 0.3 is 0 Å². The molecule has 4 heteroatoms. The van der Waals surface area contributed by atoms with Crippen LogP contribution >= 0.6 is 0 Å². The Morgan fingerprint density at radius 2 is 2.05 bits per heavy atom. The zero-order chi connectivity index (χ0) is 13.7. The molecule has 1 atom stereocenters. The van der Waals surface area contributed by atoms with Crippen LogP contribution < -0.4 is 10.6 Å². The van der Waals surface area contributed by atoms with Crippen LogP contribution in [0.25, 0.3) is 0 Å². The van der Waals surface area contributed by atoms with Crippen molar-refractivity contribution >= 4 is 5.91 Å². The lowest BCUT2D eigenvalue weighted by molar-refractivity contribution is -0.133. The maximum absolute atomic E-state index is 12.6. The second-order valence-electron chi connectivity index (χ2n) is 5.36. The van der Waals surface area contributed by atoms with Gasteiger partial charge in [-0.15, -0.1) is 0 Å². The average molecular weight is 261 g/mol. The van der Waals surface area contributed by atoms with Crippen molar-refractivity contribution in [3.63, 3.8) is 0 Å². The summed E-state index contributed by atoms with van der Waals surface area (Å²) in [5, 5.41) is 6.49. The number of piperidine rings is 1. The van der Waals surface area contributed by atoms with Crippen molar-refractivity contribution in [1.29, 1.82) is 0 Å². The number of nitrogens with zero attached hydrogens (tertiary/aromatic N) is 1. The Balaban J connectivity index is 2.03. The molecular formula is C15H23N3O. The van der Waals surface area contributed by atoms with Gasteiger partial charge in [-0.3, -0.25) is 9.78 Å². The molecule has 0 bridgehead atoms. The van der Waals surface area contributed by atoms with Crippen LogP contribution in [0.5, 0.6) is 0 Å². The number of aromatic nitrogens is 1.